The van der Waals surface area contributed by atoms with Crippen LogP contribution in [0.2, 0.25) is 0 Å². The maximum atomic E-state index is 13.0. The average Bonchev–Trinajstić information content (AvgIpc) is 3.02. The highest BCUT2D eigenvalue weighted by molar-refractivity contribution is 5.98. The smallest absolute Gasteiger partial charge is 0.342 e. The van der Waals surface area contributed by atoms with Crippen LogP contribution in [0.5, 0.6) is 5.75 Å². The Bertz CT molecular complexity index is 1300. The molecule has 1 heterocycles. The van der Waals surface area contributed by atoms with Crippen LogP contribution < -0.4 is 10.9 Å². The number of hydrogen-bond acceptors (Lipinski definition) is 5. The van der Waals surface area contributed by atoms with E-state index in [2.05, 4.69) is 5.32 Å². The molecule has 1 amide bonds. The average molecular weight is 480 g/mol. The van der Waals surface area contributed by atoms with Crippen LogP contribution >= 0.6 is 0 Å². The normalized spacial score (nSPS) is 12.1. The summed E-state index contributed by atoms with van der Waals surface area (Å²) in [5, 5.41) is 13.3. The van der Waals surface area contributed by atoms with Crippen molar-refractivity contribution in [3.05, 3.63) is 75.2 Å². The molecule has 0 saturated heterocycles. The molecule has 8 heteroatoms. The van der Waals surface area contributed by atoms with E-state index in [0.29, 0.717) is 16.9 Å². The number of esters is 1. The molecular formula is C27H33N3O5. The lowest BCUT2D eigenvalue weighted by Gasteiger charge is -2.18. The summed E-state index contributed by atoms with van der Waals surface area (Å²) < 4.78 is 8.49. The number of carbonyl (C=O) groups excluding carboxylic acids is 2. The number of aromatic nitrogens is 2. The summed E-state index contributed by atoms with van der Waals surface area (Å²) in [5.41, 5.74) is 2.46. The second-order valence-electron chi connectivity index (χ2n) is 9.29. The lowest BCUT2D eigenvalue weighted by Crippen LogP contribution is -2.32. The standard InChI is InChI=1S/C27H33N3O5/c1-15(2)19-13-21(16(3)4)24(31)22(14-19)27(34)35-18(6)25(32)28-23-17(5)29(7)30(26(23)33)20-11-9-8-10-12-20/h8-16,18,31H,1-7H3,(H,28,32). The topological polar surface area (TPSA) is 103 Å². The number of hydrogen-bond donors (Lipinski definition) is 2. The van der Waals surface area contributed by atoms with Gasteiger partial charge in [0.15, 0.2) is 6.10 Å². The van der Waals surface area contributed by atoms with E-state index >= 15 is 0 Å². The summed E-state index contributed by atoms with van der Waals surface area (Å²) in [6.45, 7) is 11.0. The number of phenolic OH excluding ortho intramolecular Hbond substituents is 1. The first-order chi connectivity index (χ1) is 16.4. The monoisotopic (exact) mass is 479 g/mol. The molecule has 0 aliphatic carbocycles. The van der Waals surface area contributed by atoms with E-state index in [1.807, 2.05) is 52.0 Å². The summed E-state index contributed by atoms with van der Waals surface area (Å²) >= 11 is 0. The van der Waals surface area contributed by atoms with Crippen LogP contribution in [-0.2, 0) is 16.6 Å². The van der Waals surface area contributed by atoms with Gasteiger partial charge in [-0.15, -0.1) is 0 Å². The molecule has 3 aromatic rings. The molecule has 8 nitrogen and oxygen atoms in total. The Morgan fingerprint density at radius 1 is 1.00 bits per heavy atom. The van der Waals surface area contributed by atoms with Gasteiger partial charge in [-0.3, -0.25) is 14.3 Å². The van der Waals surface area contributed by atoms with Crippen molar-refractivity contribution in [2.45, 2.75) is 59.5 Å². The molecule has 0 bridgehead atoms. The molecule has 35 heavy (non-hydrogen) atoms. The molecule has 0 radical (unpaired) electrons. The van der Waals surface area contributed by atoms with Gasteiger partial charge in [-0.2, -0.15) is 0 Å². The summed E-state index contributed by atoms with van der Waals surface area (Å²) in [6.07, 6.45) is -1.20. The van der Waals surface area contributed by atoms with Crippen molar-refractivity contribution in [1.82, 2.24) is 9.36 Å². The number of rotatable bonds is 7. The van der Waals surface area contributed by atoms with Crippen molar-refractivity contribution >= 4 is 17.6 Å². The van der Waals surface area contributed by atoms with Gasteiger partial charge in [0, 0.05) is 7.05 Å². The first kappa shape index (κ1) is 25.8. The van der Waals surface area contributed by atoms with Crippen molar-refractivity contribution in [2.24, 2.45) is 7.05 Å². The third-order valence-corrected chi connectivity index (χ3v) is 6.13. The van der Waals surface area contributed by atoms with Crippen molar-refractivity contribution in [2.75, 3.05) is 5.32 Å². The van der Waals surface area contributed by atoms with Crippen LogP contribution in [-0.4, -0.2) is 32.5 Å². The zero-order chi connectivity index (χ0) is 26.0. The number of nitrogens with one attached hydrogen (secondary N) is 1. The zero-order valence-corrected chi connectivity index (χ0v) is 21.2. The largest absolute Gasteiger partial charge is 0.507 e. The fraction of sp³-hybridized carbons (Fsp3) is 0.370. The van der Waals surface area contributed by atoms with Gasteiger partial charge in [0.05, 0.1) is 11.4 Å². The van der Waals surface area contributed by atoms with Gasteiger partial charge in [-0.25, -0.2) is 9.48 Å². The number of amides is 1. The molecule has 1 unspecified atom stereocenters. The van der Waals surface area contributed by atoms with Gasteiger partial charge >= 0.3 is 5.97 Å². The lowest BCUT2D eigenvalue weighted by molar-refractivity contribution is -0.123. The highest BCUT2D eigenvalue weighted by atomic mass is 16.5. The Balaban J connectivity index is 1.84. The highest BCUT2D eigenvalue weighted by Crippen LogP contribution is 2.33. The summed E-state index contributed by atoms with van der Waals surface area (Å²) in [7, 11) is 1.72. The molecule has 2 N–H and O–H groups in total. The Morgan fingerprint density at radius 3 is 2.20 bits per heavy atom. The molecule has 0 saturated carbocycles. The van der Waals surface area contributed by atoms with E-state index in [1.165, 1.54) is 11.6 Å². The number of phenols is 1. The third-order valence-electron chi connectivity index (χ3n) is 6.13. The van der Waals surface area contributed by atoms with E-state index < -0.39 is 23.5 Å². The van der Waals surface area contributed by atoms with Gasteiger partial charge in [-0.1, -0.05) is 52.0 Å². The lowest BCUT2D eigenvalue weighted by atomic mass is 9.92. The van der Waals surface area contributed by atoms with Gasteiger partial charge in [0.2, 0.25) is 0 Å². The second kappa shape index (κ2) is 10.2. The minimum Gasteiger partial charge on any atom is -0.507 e. The minimum atomic E-state index is -1.20. The van der Waals surface area contributed by atoms with E-state index in [4.69, 9.17) is 4.74 Å². The molecule has 0 aliphatic heterocycles. The van der Waals surface area contributed by atoms with Crippen LogP contribution in [0.1, 0.15) is 73.6 Å². The van der Waals surface area contributed by atoms with Gasteiger partial charge in [-0.05, 0) is 55.0 Å². The molecule has 3 rings (SSSR count). The summed E-state index contributed by atoms with van der Waals surface area (Å²) in [5.74, 6) is -1.47. The number of ether oxygens (including phenoxy) is 1. The van der Waals surface area contributed by atoms with Gasteiger partial charge < -0.3 is 15.2 Å². The number of benzene rings is 2. The van der Waals surface area contributed by atoms with Crippen molar-refractivity contribution in [1.29, 1.82) is 0 Å². The third kappa shape index (κ3) is 5.16. The maximum absolute atomic E-state index is 13.0. The second-order valence-corrected chi connectivity index (χ2v) is 9.29. The Morgan fingerprint density at radius 2 is 1.63 bits per heavy atom. The Kier molecular flexibility index (Phi) is 7.53. The van der Waals surface area contributed by atoms with E-state index in [1.54, 1.807) is 36.9 Å². The molecule has 1 aromatic heterocycles. The first-order valence-corrected chi connectivity index (χ1v) is 11.7. The van der Waals surface area contributed by atoms with Crippen LogP contribution in [0.4, 0.5) is 5.69 Å². The van der Waals surface area contributed by atoms with Crippen LogP contribution in [0.25, 0.3) is 5.69 Å². The highest BCUT2D eigenvalue weighted by Gasteiger charge is 2.26. The maximum Gasteiger partial charge on any atom is 0.342 e. The molecule has 186 valence electrons. The molecule has 0 aliphatic rings. The molecule has 1 atom stereocenters. The van der Waals surface area contributed by atoms with Crippen LogP contribution in [0.3, 0.4) is 0 Å². The molecule has 0 fully saturated rings. The van der Waals surface area contributed by atoms with Crippen LogP contribution in [0.15, 0.2) is 47.3 Å². The number of carbonyl (C=O) groups is 2. The first-order valence-electron chi connectivity index (χ1n) is 11.7. The Labute approximate surface area is 205 Å². The van der Waals surface area contributed by atoms with Crippen molar-refractivity contribution < 1.29 is 19.4 Å². The Hall–Kier alpha value is -3.81. The SMILES string of the molecule is Cc1c(NC(=O)C(C)OC(=O)c2cc(C(C)C)cc(C(C)C)c2O)c(=O)n(-c2ccccc2)n1C. The summed E-state index contributed by atoms with van der Waals surface area (Å²) in [4.78, 5) is 38.8. The molecule has 2 aromatic carbocycles. The van der Waals surface area contributed by atoms with E-state index in [0.717, 1.165) is 5.56 Å². The van der Waals surface area contributed by atoms with Crippen molar-refractivity contribution in [3.8, 4) is 11.4 Å². The van der Waals surface area contributed by atoms with Crippen LogP contribution in [0, 0.1) is 6.92 Å². The number of anilines is 1. The fourth-order valence-electron chi connectivity index (χ4n) is 3.82. The van der Waals surface area contributed by atoms with Gasteiger partial charge in [0.1, 0.15) is 17.0 Å². The van der Waals surface area contributed by atoms with Gasteiger partial charge in [0.25, 0.3) is 11.5 Å². The molecule has 0 spiro atoms. The summed E-state index contributed by atoms with van der Waals surface area (Å²) in [6, 6.07) is 12.5. The number of nitrogens with zero attached hydrogens (tertiary/aromatic N) is 2. The zero-order valence-electron chi connectivity index (χ0n) is 21.2. The quantitative estimate of drug-likeness (QED) is 0.482. The minimum absolute atomic E-state index is 0.00573. The molecular weight excluding hydrogens is 446 g/mol. The van der Waals surface area contributed by atoms with E-state index in [-0.39, 0.29) is 28.8 Å². The predicted octanol–water partition coefficient (Wildman–Crippen LogP) is 4.62. The number of aromatic hydroxyl groups is 1. The predicted molar refractivity (Wildman–Crippen MR) is 136 cm³/mol. The number of para-hydroxylation sites is 1. The van der Waals surface area contributed by atoms with Crippen molar-refractivity contribution in [3.63, 3.8) is 0 Å². The van der Waals surface area contributed by atoms with E-state index in [9.17, 15) is 19.5 Å². The fourth-order valence-corrected chi connectivity index (χ4v) is 3.82.